The first-order valence-electron chi connectivity index (χ1n) is 6.29. The fourth-order valence-electron chi connectivity index (χ4n) is 2.44. The highest BCUT2D eigenvalue weighted by atomic mass is 16.1. The smallest absolute Gasteiger partial charge is 0.220 e. The summed E-state index contributed by atoms with van der Waals surface area (Å²) in [6, 6.07) is 6.49. The third kappa shape index (κ3) is 2.13. The lowest BCUT2D eigenvalue weighted by atomic mass is 10.0. The zero-order chi connectivity index (χ0) is 13.3. The third-order valence-electron chi connectivity index (χ3n) is 3.66. The van der Waals surface area contributed by atoms with Gasteiger partial charge in [-0.05, 0) is 38.0 Å². The van der Waals surface area contributed by atoms with Crippen LogP contribution in [0.4, 0.5) is 0 Å². The molecule has 0 radical (unpaired) electrons. The second kappa shape index (κ2) is 4.84. The molecular formula is C15H20N2O. The Morgan fingerprint density at radius 2 is 2.06 bits per heavy atom. The van der Waals surface area contributed by atoms with E-state index in [4.69, 9.17) is 0 Å². The summed E-state index contributed by atoms with van der Waals surface area (Å²) in [6.07, 6.45) is 1.34. The van der Waals surface area contributed by atoms with Gasteiger partial charge in [-0.2, -0.15) is 0 Å². The standard InChI is InChI=1S/C15H20N2O/c1-10-5-7-14-13(9-10)12(11(2)17(14)4)6-8-15(18)16-3/h5,7,9H,6,8H2,1-4H3,(H,16,18). The van der Waals surface area contributed by atoms with Gasteiger partial charge in [-0.1, -0.05) is 11.6 Å². The van der Waals surface area contributed by atoms with Gasteiger partial charge in [0.05, 0.1) is 0 Å². The Balaban J connectivity index is 2.45. The molecule has 0 unspecified atom stereocenters. The summed E-state index contributed by atoms with van der Waals surface area (Å²) in [6.45, 7) is 4.22. The van der Waals surface area contributed by atoms with Crippen molar-refractivity contribution < 1.29 is 4.79 Å². The lowest BCUT2D eigenvalue weighted by Crippen LogP contribution is -2.18. The van der Waals surface area contributed by atoms with Crippen molar-refractivity contribution in [2.24, 2.45) is 7.05 Å². The van der Waals surface area contributed by atoms with Crippen LogP contribution in [0.3, 0.4) is 0 Å². The summed E-state index contributed by atoms with van der Waals surface area (Å²) in [5.74, 6) is 0.0963. The minimum atomic E-state index is 0.0963. The van der Waals surface area contributed by atoms with E-state index in [1.165, 1.54) is 27.7 Å². The van der Waals surface area contributed by atoms with Crippen LogP contribution in [0.15, 0.2) is 18.2 Å². The number of fused-ring (bicyclic) bond motifs is 1. The SMILES string of the molecule is CNC(=O)CCc1c(C)n(C)c2ccc(C)cc12. The molecule has 0 aliphatic heterocycles. The van der Waals surface area contributed by atoms with Gasteiger partial charge in [0.2, 0.25) is 5.91 Å². The summed E-state index contributed by atoms with van der Waals surface area (Å²) < 4.78 is 2.20. The Kier molecular flexibility index (Phi) is 3.41. The highest BCUT2D eigenvalue weighted by molar-refractivity contribution is 5.87. The van der Waals surface area contributed by atoms with Crippen molar-refractivity contribution in [2.45, 2.75) is 26.7 Å². The number of aromatic nitrogens is 1. The van der Waals surface area contributed by atoms with Crippen molar-refractivity contribution in [1.29, 1.82) is 0 Å². The molecule has 0 bridgehead atoms. The molecule has 18 heavy (non-hydrogen) atoms. The Bertz CT molecular complexity index is 596. The molecule has 1 amide bonds. The van der Waals surface area contributed by atoms with E-state index in [0.717, 1.165) is 6.42 Å². The average molecular weight is 244 g/mol. The van der Waals surface area contributed by atoms with E-state index in [2.05, 4.69) is 49.0 Å². The van der Waals surface area contributed by atoms with Gasteiger partial charge < -0.3 is 9.88 Å². The van der Waals surface area contributed by atoms with E-state index in [1.807, 2.05) is 0 Å². The number of aryl methyl sites for hydroxylation is 3. The largest absolute Gasteiger partial charge is 0.359 e. The van der Waals surface area contributed by atoms with Crippen LogP contribution in [-0.4, -0.2) is 17.5 Å². The van der Waals surface area contributed by atoms with Gasteiger partial charge >= 0.3 is 0 Å². The lowest BCUT2D eigenvalue weighted by Gasteiger charge is -2.02. The number of hydrogen-bond acceptors (Lipinski definition) is 1. The summed E-state index contributed by atoms with van der Waals surface area (Å²) >= 11 is 0. The van der Waals surface area contributed by atoms with Crippen LogP contribution in [0.5, 0.6) is 0 Å². The Hall–Kier alpha value is -1.77. The Morgan fingerprint density at radius 3 is 2.72 bits per heavy atom. The number of carbonyl (C=O) groups is 1. The van der Waals surface area contributed by atoms with Gasteiger partial charge in [0.1, 0.15) is 0 Å². The number of hydrogen-bond donors (Lipinski definition) is 1. The summed E-state index contributed by atoms with van der Waals surface area (Å²) in [5.41, 5.74) is 5.04. The maximum Gasteiger partial charge on any atom is 0.220 e. The molecule has 0 saturated carbocycles. The zero-order valence-electron chi connectivity index (χ0n) is 11.5. The normalized spacial score (nSPS) is 10.9. The molecule has 96 valence electrons. The highest BCUT2D eigenvalue weighted by Crippen LogP contribution is 2.26. The molecule has 0 atom stereocenters. The molecule has 0 saturated heterocycles. The molecule has 0 aliphatic carbocycles. The van der Waals surface area contributed by atoms with Gasteiger partial charge in [0, 0.05) is 37.1 Å². The summed E-state index contributed by atoms with van der Waals surface area (Å²) in [4.78, 5) is 11.4. The van der Waals surface area contributed by atoms with Gasteiger partial charge in [0.15, 0.2) is 0 Å². The molecular weight excluding hydrogens is 224 g/mol. The second-order valence-corrected chi connectivity index (χ2v) is 4.82. The molecule has 0 spiro atoms. The van der Waals surface area contributed by atoms with Crippen LogP contribution in [0.1, 0.15) is 23.2 Å². The Labute approximate surface area is 108 Å². The minimum Gasteiger partial charge on any atom is -0.359 e. The first-order valence-corrected chi connectivity index (χ1v) is 6.29. The maximum absolute atomic E-state index is 11.4. The van der Waals surface area contributed by atoms with Crippen molar-refractivity contribution in [1.82, 2.24) is 9.88 Å². The summed E-state index contributed by atoms with van der Waals surface area (Å²) in [5, 5.41) is 3.95. The van der Waals surface area contributed by atoms with Crippen molar-refractivity contribution >= 4 is 16.8 Å². The van der Waals surface area contributed by atoms with Crippen LogP contribution in [0, 0.1) is 13.8 Å². The van der Waals surface area contributed by atoms with E-state index in [0.29, 0.717) is 6.42 Å². The van der Waals surface area contributed by atoms with Crippen molar-refractivity contribution in [2.75, 3.05) is 7.05 Å². The van der Waals surface area contributed by atoms with Crippen LogP contribution >= 0.6 is 0 Å². The number of amides is 1. The number of benzene rings is 1. The average Bonchev–Trinajstić information content (AvgIpc) is 2.59. The highest BCUT2D eigenvalue weighted by Gasteiger charge is 2.12. The third-order valence-corrected chi connectivity index (χ3v) is 3.66. The van der Waals surface area contributed by atoms with Crippen molar-refractivity contribution in [3.8, 4) is 0 Å². The van der Waals surface area contributed by atoms with E-state index in [1.54, 1.807) is 7.05 Å². The molecule has 0 aliphatic rings. The summed E-state index contributed by atoms with van der Waals surface area (Å²) in [7, 11) is 3.76. The predicted molar refractivity (Wildman–Crippen MR) is 74.8 cm³/mol. The molecule has 1 N–H and O–H groups in total. The molecule has 1 aromatic carbocycles. The number of rotatable bonds is 3. The molecule has 1 heterocycles. The monoisotopic (exact) mass is 244 g/mol. The topological polar surface area (TPSA) is 34.0 Å². The fraction of sp³-hybridized carbons (Fsp3) is 0.400. The van der Waals surface area contributed by atoms with Crippen LogP contribution in [0.25, 0.3) is 10.9 Å². The molecule has 0 fully saturated rings. The first-order chi connectivity index (χ1) is 8.54. The van der Waals surface area contributed by atoms with Gasteiger partial charge in [0.25, 0.3) is 0 Å². The van der Waals surface area contributed by atoms with E-state index in [-0.39, 0.29) is 5.91 Å². The maximum atomic E-state index is 11.4. The van der Waals surface area contributed by atoms with E-state index < -0.39 is 0 Å². The molecule has 3 heteroatoms. The van der Waals surface area contributed by atoms with E-state index in [9.17, 15) is 4.79 Å². The van der Waals surface area contributed by atoms with Crippen LogP contribution in [0.2, 0.25) is 0 Å². The zero-order valence-corrected chi connectivity index (χ0v) is 11.5. The quantitative estimate of drug-likeness (QED) is 0.884. The van der Waals surface area contributed by atoms with E-state index >= 15 is 0 Å². The number of nitrogens with one attached hydrogen (secondary N) is 1. The van der Waals surface area contributed by atoms with Crippen molar-refractivity contribution in [3.63, 3.8) is 0 Å². The van der Waals surface area contributed by atoms with Crippen molar-refractivity contribution in [3.05, 3.63) is 35.0 Å². The lowest BCUT2D eigenvalue weighted by molar-refractivity contribution is -0.120. The molecule has 2 rings (SSSR count). The molecule has 2 aromatic rings. The second-order valence-electron chi connectivity index (χ2n) is 4.82. The molecule has 3 nitrogen and oxygen atoms in total. The molecule has 1 aromatic heterocycles. The predicted octanol–water partition coefficient (Wildman–Crippen LogP) is 2.47. The van der Waals surface area contributed by atoms with Gasteiger partial charge in [-0.3, -0.25) is 4.79 Å². The van der Waals surface area contributed by atoms with Crippen LogP contribution in [-0.2, 0) is 18.3 Å². The number of nitrogens with zero attached hydrogens (tertiary/aromatic N) is 1. The van der Waals surface area contributed by atoms with Gasteiger partial charge in [-0.15, -0.1) is 0 Å². The van der Waals surface area contributed by atoms with Gasteiger partial charge in [-0.25, -0.2) is 0 Å². The Morgan fingerprint density at radius 1 is 1.33 bits per heavy atom. The first kappa shape index (κ1) is 12.7. The fourth-order valence-corrected chi connectivity index (χ4v) is 2.44. The van der Waals surface area contributed by atoms with Crippen LogP contribution < -0.4 is 5.32 Å². The number of carbonyl (C=O) groups excluding carboxylic acids is 1. The minimum absolute atomic E-state index is 0.0963.